The molecule has 1 aromatic heterocycles. The number of nitrogens with zero attached hydrogens (tertiary/aromatic N) is 4. The van der Waals surface area contributed by atoms with E-state index in [1.54, 1.807) is 12.1 Å². The monoisotopic (exact) mass is 497 g/mol. The second-order valence-corrected chi connectivity index (χ2v) is 8.22. The van der Waals surface area contributed by atoms with Crippen LogP contribution in [0.15, 0.2) is 47.5 Å². The number of nitrogens with one attached hydrogen (secondary N) is 1. The van der Waals surface area contributed by atoms with Crippen molar-refractivity contribution >= 4 is 41.1 Å². The molecule has 35 heavy (non-hydrogen) atoms. The number of aliphatic imine (C=N–C) groups is 1. The predicted molar refractivity (Wildman–Crippen MR) is 137 cm³/mol. The van der Waals surface area contributed by atoms with Gasteiger partial charge in [0.05, 0.1) is 0 Å². The van der Waals surface area contributed by atoms with Gasteiger partial charge in [-0.05, 0) is 55.2 Å². The van der Waals surface area contributed by atoms with E-state index in [-0.39, 0.29) is 24.5 Å². The number of ether oxygens (including phenoxy) is 1. The molecule has 0 aliphatic rings. The molecule has 11 nitrogen and oxygen atoms in total. The summed E-state index contributed by atoms with van der Waals surface area (Å²) in [5.41, 5.74) is 25.5. The Morgan fingerprint density at radius 3 is 2.60 bits per heavy atom. The fraction of sp³-hybridized carbons (Fsp3) is 0.261. The van der Waals surface area contributed by atoms with Crippen LogP contribution < -0.4 is 28.3 Å². The number of guanidine groups is 1. The number of nitrogen functional groups attached to an aromatic ring is 1. The fourth-order valence-corrected chi connectivity index (χ4v) is 3.29. The molecule has 0 saturated heterocycles. The summed E-state index contributed by atoms with van der Waals surface area (Å²) < 4.78 is 5.30. The number of aromatic nitrogens is 3. The number of nitrogens with two attached hydrogens (primary N) is 4. The molecule has 9 N–H and O–H groups in total. The maximum absolute atomic E-state index is 12.1. The van der Waals surface area contributed by atoms with Crippen LogP contribution in [0, 0.1) is 6.92 Å². The van der Waals surface area contributed by atoms with E-state index in [0.29, 0.717) is 30.2 Å². The summed E-state index contributed by atoms with van der Waals surface area (Å²) in [5.74, 6) is 0.307. The van der Waals surface area contributed by atoms with Gasteiger partial charge in [-0.2, -0.15) is 15.0 Å². The van der Waals surface area contributed by atoms with Gasteiger partial charge in [-0.1, -0.05) is 29.8 Å². The highest BCUT2D eigenvalue weighted by Gasteiger charge is 2.15. The summed E-state index contributed by atoms with van der Waals surface area (Å²) in [5, 5.41) is 3.68. The largest absolute Gasteiger partial charge is 0.460 e. The molecule has 0 aliphatic carbocycles. The van der Waals surface area contributed by atoms with Gasteiger partial charge in [-0.25, -0.2) is 0 Å². The second kappa shape index (κ2) is 12.0. The van der Waals surface area contributed by atoms with Crippen molar-refractivity contribution in [3.05, 3.63) is 58.6 Å². The minimum absolute atomic E-state index is 0.00897. The molecule has 1 atom stereocenters. The van der Waals surface area contributed by atoms with E-state index in [0.717, 1.165) is 22.4 Å². The number of anilines is 3. The van der Waals surface area contributed by atoms with Gasteiger partial charge in [0.25, 0.3) is 0 Å². The Bertz CT molecular complexity index is 1200. The Hall–Kier alpha value is -3.96. The number of carbonyl (C=O) groups is 1. The molecule has 2 aromatic carbocycles. The average Bonchev–Trinajstić information content (AvgIpc) is 2.82. The van der Waals surface area contributed by atoms with E-state index < -0.39 is 12.0 Å². The van der Waals surface area contributed by atoms with E-state index in [4.69, 9.17) is 39.3 Å². The molecule has 1 heterocycles. The first-order valence-corrected chi connectivity index (χ1v) is 11.2. The molecule has 0 spiro atoms. The Balaban J connectivity index is 1.58. The van der Waals surface area contributed by atoms with Crippen molar-refractivity contribution in [1.82, 2.24) is 15.0 Å². The molecule has 0 saturated carbocycles. The number of hydrogen-bond acceptors (Lipinski definition) is 9. The number of esters is 1. The lowest BCUT2D eigenvalue weighted by Crippen LogP contribution is -2.32. The van der Waals surface area contributed by atoms with Crippen LogP contribution in [0.2, 0.25) is 5.02 Å². The Morgan fingerprint density at radius 1 is 1.14 bits per heavy atom. The molecule has 3 aromatic rings. The molecule has 0 amide bonds. The van der Waals surface area contributed by atoms with Crippen molar-refractivity contribution in [2.75, 3.05) is 17.6 Å². The van der Waals surface area contributed by atoms with Crippen LogP contribution in [0.25, 0.3) is 11.4 Å². The van der Waals surface area contributed by atoms with Crippen LogP contribution in [0.1, 0.15) is 24.0 Å². The summed E-state index contributed by atoms with van der Waals surface area (Å²) in [4.78, 5) is 28.8. The molecule has 12 heteroatoms. The van der Waals surface area contributed by atoms with E-state index in [1.807, 2.05) is 37.3 Å². The van der Waals surface area contributed by atoms with Gasteiger partial charge in [-0.3, -0.25) is 9.79 Å². The highest BCUT2D eigenvalue weighted by molar-refractivity contribution is 6.30. The minimum Gasteiger partial charge on any atom is -0.460 e. The van der Waals surface area contributed by atoms with Crippen LogP contribution in [0.5, 0.6) is 0 Å². The van der Waals surface area contributed by atoms with Crippen molar-refractivity contribution in [1.29, 1.82) is 0 Å². The van der Waals surface area contributed by atoms with Crippen LogP contribution >= 0.6 is 11.6 Å². The third-order valence-corrected chi connectivity index (χ3v) is 5.19. The molecule has 184 valence electrons. The lowest BCUT2D eigenvalue weighted by atomic mass is 10.1. The van der Waals surface area contributed by atoms with Crippen molar-refractivity contribution < 1.29 is 9.53 Å². The summed E-state index contributed by atoms with van der Waals surface area (Å²) in [7, 11) is 0. The van der Waals surface area contributed by atoms with Gasteiger partial charge in [0.1, 0.15) is 12.6 Å². The minimum atomic E-state index is -0.739. The summed E-state index contributed by atoms with van der Waals surface area (Å²) >= 11 is 6.12. The Morgan fingerprint density at radius 2 is 1.89 bits per heavy atom. The van der Waals surface area contributed by atoms with Crippen LogP contribution in [0.3, 0.4) is 0 Å². The number of hydrogen-bond donors (Lipinski definition) is 5. The topological polar surface area (TPSA) is 193 Å². The first-order chi connectivity index (χ1) is 16.7. The van der Waals surface area contributed by atoms with Gasteiger partial charge in [-0.15, -0.1) is 0 Å². The number of rotatable bonds is 10. The number of aryl methyl sites for hydroxylation is 1. The van der Waals surface area contributed by atoms with Crippen LogP contribution in [-0.2, 0) is 16.1 Å². The molecule has 0 fully saturated rings. The highest BCUT2D eigenvalue weighted by atomic mass is 35.5. The van der Waals surface area contributed by atoms with Crippen LogP contribution in [0.4, 0.5) is 17.6 Å². The number of halogens is 1. The number of benzene rings is 2. The normalized spacial score (nSPS) is 11.5. The van der Waals surface area contributed by atoms with E-state index in [9.17, 15) is 4.79 Å². The average molecular weight is 498 g/mol. The SMILES string of the molecule is Cc1ccc(Cl)cc1-c1nc(N)nc(Nc2ccc(COC(=O)[C@@H](N)CCCN=C(N)N)cc2)n1. The zero-order valence-electron chi connectivity index (χ0n) is 19.2. The van der Waals surface area contributed by atoms with Crippen molar-refractivity contribution in [3.63, 3.8) is 0 Å². The third-order valence-electron chi connectivity index (χ3n) is 4.95. The smallest absolute Gasteiger partial charge is 0.323 e. The standard InChI is InChI=1S/C23H28ClN9O2/c1-13-4-7-15(24)11-17(13)19-31-22(28)33-23(32-19)30-16-8-5-14(6-9-16)12-35-20(34)18(25)3-2-10-29-21(26)27/h4-9,11,18H,2-3,10,12,25H2,1H3,(H4,26,27,29)(H3,28,30,31,32,33)/t18-/m0/s1. The van der Waals surface area contributed by atoms with E-state index in [1.165, 1.54) is 0 Å². The second-order valence-electron chi connectivity index (χ2n) is 7.79. The highest BCUT2D eigenvalue weighted by Crippen LogP contribution is 2.25. The first kappa shape index (κ1) is 25.7. The molecule has 3 rings (SSSR count). The van der Waals surface area contributed by atoms with E-state index >= 15 is 0 Å². The molecule has 0 bridgehead atoms. The van der Waals surface area contributed by atoms with Crippen molar-refractivity contribution in [2.24, 2.45) is 22.2 Å². The first-order valence-electron chi connectivity index (χ1n) is 10.8. The zero-order valence-corrected chi connectivity index (χ0v) is 20.0. The lowest BCUT2D eigenvalue weighted by Gasteiger charge is -2.12. The predicted octanol–water partition coefficient (Wildman–Crippen LogP) is 2.25. The summed E-state index contributed by atoms with van der Waals surface area (Å²) in [6, 6.07) is 12.0. The summed E-state index contributed by atoms with van der Waals surface area (Å²) in [6.45, 7) is 2.44. The maximum Gasteiger partial charge on any atom is 0.323 e. The maximum atomic E-state index is 12.1. The lowest BCUT2D eigenvalue weighted by molar-refractivity contribution is -0.146. The van der Waals surface area contributed by atoms with Gasteiger partial charge in [0, 0.05) is 22.8 Å². The quantitative estimate of drug-likeness (QED) is 0.120. The Kier molecular flexibility index (Phi) is 8.76. The van der Waals surface area contributed by atoms with E-state index in [2.05, 4.69) is 25.3 Å². The molecule has 0 radical (unpaired) electrons. The fourth-order valence-electron chi connectivity index (χ4n) is 3.12. The van der Waals surface area contributed by atoms with Gasteiger partial charge < -0.3 is 33.0 Å². The zero-order chi connectivity index (χ0) is 25.4. The van der Waals surface area contributed by atoms with Gasteiger partial charge >= 0.3 is 5.97 Å². The molecule has 0 aliphatic heterocycles. The number of carbonyl (C=O) groups excluding carboxylic acids is 1. The Labute approximate surface area is 208 Å². The van der Waals surface area contributed by atoms with Gasteiger partial charge in [0.15, 0.2) is 11.8 Å². The third kappa shape index (κ3) is 7.80. The molecular weight excluding hydrogens is 470 g/mol. The molecule has 0 unspecified atom stereocenters. The van der Waals surface area contributed by atoms with Crippen LogP contribution in [-0.4, -0.2) is 39.5 Å². The summed E-state index contributed by atoms with van der Waals surface area (Å²) in [6.07, 6.45) is 0.999. The van der Waals surface area contributed by atoms with Crippen molar-refractivity contribution in [3.8, 4) is 11.4 Å². The van der Waals surface area contributed by atoms with Gasteiger partial charge in [0.2, 0.25) is 11.9 Å². The molecular formula is C23H28ClN9O2. The van der Waals surface area contributed by atoms with Crippen molar-refractivity contribution in [2.45, 2.75) is 32.4 Å².